The minimum Gasteiger partial charge on any atom is -0.508 e. The van der Waals surface area contributed by atoms with Crippen LogP contribution >= 0.6 is 38.9 Å². The summed E-state index contributed by atoms with van der Waals surface area (Å²) in [4.78, 5) is 60.1. The summed E-state index contributed by atoms with van der Waals surface area (Å²) in [5, 5.41) is 14.8. The summed E-state index contributed by atoms with van der Waals surface area (Å²) in [6, 6.07) is 20.8. The standard InChI is InChI=1S/C37H28BrClFN3O5S/c38-20-5-14-30(44)28(16-20)32-25-12-13-26-31(35(47)42(33(26)45)18-24-2-1-15-49-24)27(25)17-29-34(46)43(41-23-10-8-22(40)9-11-23)36(48)37(29,32)19-3-6-21(39)7-4-19/h1-12,14-16,26-27,29,31-32,41,44H,13,17-18H2. The van der Waals surface area contributed by atoms with Gasteiger partial charge in [0.2, 0.25) is 11.8 Å². The van der Waals surface area contributed by atoms with Crippen LogP contribution in [0.25, 0.3) is 0 Å². The van der Waals surface area contributed by atoms with E-state index in [4.69, 9.17) is 11.6 Å². The molecule has 3 fully saturated rings. The van der Waals surface area contributed by atoms with Crippen molar-refractivity contribution in [3.63, 3.8) is 0 Å². The molecule has 0 bridgehead atoms. The number of nitrogens with one attached hydrogen (secondary N) is 1. The number of rotatable bonds is 6. The predicted molar refractivity (Wildman–Crippen MR) is 185 cm³/mol. The molecule has 4 aromatic rings. The first kappa shape index (κ1) is 31.9. The van der Waals surface area contributed by atoms with Gasteiger partial charge in [-0.05, 0) is 90.4 Å². The number of carbonyl (C=O) groups is 4. The second-order valence-corrected chi connectivity index (χ2v) is 15.3. The maximum absolute atomic E-state index is 15.1. The SMILES string of the molecule is O=C1C2CC=C3C(CC4C(=O)N(Nc5ccc(F)cc5)C(=O)C4(c4ccc(Cl)cc4)C3c3cc(Br)ccc3O)C2C(=O)N1Cc1cccs1. The summed E-state index contributed by atoms with van der Waals surface area (Å²) in [5.74, 6) is -6.02. The Kier molecular flexibility index (Phi) is 7.77. The van der Waals surface area contributed by atoms with Crippen LogP contribution in [0.4, 0.5) is 10.1 Å². The third-order valence-corrected chi connectivity index (χ3v) is 12.1. The number of fused-ring (bicyclic) bond motifs is 4. The summed E-state index contributed by atoms with van der Waals surface area (Å²) in [7, 11) is 0. The molecule has 0 radical (unpaired) electrons. The molecule has 3 aromatic carbocycles. The van der Waals surface area contributed by atoms with Crippen molar-refractivity contribution in [3.8, 4) is 5.75 Å². The fraction of sp³-hybridized carbons (Fsp3) is 0.243. The lowest BCUT2D eigenvalue weighted by Gasteiger charge is -2.50. The van der Waals surface area contributed by atoms with E-state index in [-0.39, 0.29) is 37.0 Å². The fourth-order valence-electron chi connectivity index (χ4n) is 8.54. The van der Waals surface area contributed by atoms with Gasteiger partial charge in [0.15, 0.2) is 0 Å². The summed E-state index contributed by atoms with van der Waals surface area (Å²) in [6.45, 7) is 0.172. The number of phenolic OH excluding ortho intramolecular Hbond substituents is 1. The van der Waals surface area contributed by atoms with Crippen LogP contribution in [-0.2, 0) is 31.1 Å². The van der Waals surface area contributed by atoms with Crippen molar-refractivity contribution in [2.24, 2.45) is 23.7 Å². The molecule has 2 saturated heterocycles. The van der Waals surface area contributed by atoms with E-state index in [1.807, 2.05) is 23.6 Å². The molecule has 0 spiro atoms. The maximum atomic E-state index is 15.1. The Labute approximate surface area is 298 Å². The zero-order valence-corrected chi connectivity index (χ0v) is 28.8. The number of imide groups is 2. The van der Waals surface area contributed by atoms with Crippen molar-refractivity contribution < 1.29 is 28.7 Å². The van der Waals surface area contributed by atoms with Crippen molar-refractivity contribution in [2.75, 3.05) is 5.43 Å². The summed E-state index contributed by atoms with van der Waals surface area (Å²) >= 11 is 11.3. The predicted octanol–water partition coefficient (Wildman–Crippen LogP) is 7.19. The monoisotopic (exact) mass is 759 g/mol. The van der Waals surface area contributed by atoms with Gasteiger partial charge in [-0.3, -0.25) is 29.5 Å². The molecule has 248 valence electrons. The van der Waals surface area contributed by atoms with Crippen molar-refractivity contribution >= 4 is 68.2 Å². The van der Waals surface area contributed by atoms with Gasteiger partial charge in [-0.2, -0.15) is 5.01 Å². The van der Waals surface area contributed by atoms with E-state index in [2.05, 4.69) is 21.4 Å². The average molecular weight is 761 g/mol. The Morgan fingerprint density at radius 3 is 2.43 bits per heavy atom. The molecule has 2 N–H and O–H groups in total. The van der Waals surface area contributed by atoms with E-state index in [0.29, 0.717) is 26.3 Å². The van der Waals surface area contributed by atoms with Crippen LogP contribution in [0.2, 0.25) is 5.02 Å². The van der Waals surface area contributed by atoms with E-state index >= 15 is 4.79 Å². The van der Waals surface area contributed by atoms with Crippen LogP contribution in [-0.4, -0.2) is 38.6 Å². The largest absolute Gasteiger partial charge is 0.508 e. The van der Waals surface area contributed by atoms with Gasteiger partial charge in [-0.1, -0.05) is 57.4 Å². The quantitative estimate of drug-likeness (QED) is 0.159. The number of halogens is 3. The topological polar surface area (TPSA) is 107 Å². The second kappa shape index (κ2) is 11.9. The Morgan fingerprint density at radius 1 is 0.959 bits per heavy atom. The van der Waals surface area contributed by atoms with Crippen LogP contribution in [0, 0.1) is 29.5 Å². The highest BCUT2D eigenvalue weighted by molar-refractivity contribution is 9.10. The van der Waals surface area contributed by atoms with Crippen molar-refractivity contribution in [3.05, 3.63) is 127 Å². The van der Waals surface area contributed by atoms with Crippen LogP contribution in [0.15, 0.2) is 100 Å². The number of anilines is 1. The van der Waals surface area contributed by atoms with E-state index in [1.54, 1.807) is 36.4 Å². The van der Waals surface area contributed by atoms with Gasteiger partial charge in [0.25, 0.3) is 11.8 Å². The van der Waals surface area contributed by atoms with Crippen molar-refractivity contribution in [1.82, 2.24) is 9.91 Å². The summed E-state index contributed by atoms with van der Waals surface area (Å²) < 4.78 is 14.5. The molecule has 8 rings (SSSR count). The highest BCUT2D eigenvalue weighted by Crippen LogP contribution is 2.65. The van der Waals surface area contributed by atoms with Crippen LogP contribution in [0.3, 0.4) is 0 Å². The molecule has 6 atom stereocenters. The molecule has 8 nitrogen and oxygen atoms in total. The molecule has 1 aromatic heterocycles. The highest BCUT2D eigenvalue weighted by Gasteiger charge is 2.70. The minimum atomic E-state index is -1.58. The molecule has 49 heavy (non-hydrogen) atoms. The van der Waals surface area contributed by atoms with Gasteiger partial charge in [0, 0.05) is 25.9 Å². The Bertz CT molecular complexity index is 2060. The highest BCUT2D eigenvalue weighted by atomic mass is 79.9. The molecule has 2 aliphatic heterocycles. The Hall–Kier alpha value is -4.32. The number of thiophene rings is 1. The number of benzene rings is 3. The molecule has 1 saturated carbocycles. The minimum absolute atomic E-state index is 0.0812. The Balaban J connectivity index is 1.32. The maximum Gasteiger partial charge on any atom is 0.260 e. The number of allylic oxidation sites excluding steroid dienone is 2. The first-order valence-electron chi connectivity index (χ1n) is 15.8. The molecule has 12 heteroatoms. The number of aromatic hydroxyl groups is 1. The van der Waals surface area contributed by atoms with E-state index < -0.39 is 52.6 Å². The van der Waals surface area contributed by atoms with Crippen molar-refractivity contribution in [2.45, 2.75) is 30.7 Å². The number of hydrogen-bond acceptors (Lipinski definition) is 7. The zero-order valence-electron chi connectivity index (χ0n) is 25.7. The van der Waals surface area contributed by atoms with Gasteiger partial charge in [0.05, 0.1) is 35.4 Å². The number of hydrazine groups is 1. The first-order chi connectivity index (χ1) is 23.6. The third-order valence-electron chi connectivity index (χ3n) is 10.5. The summed E-state index contributed by atoms with van der Waals surface area (Å²) in [5.41, 5.74) is 3.32. The summed E-state index contributed by atoms with van der Waals surface area (Å²) in [6.07, 6.45) is 2.33. The number of nitrogens with zero attached hydrogens (tertiary/aromatic N) is 2. The van der Waals surface area contributed by atoms with Gasteiger partial charge in [0.1, 0.15) is 11.6 Å². The average Bonchev–Trinajstić information content (AvgIpc) is 3.75. The molecule has 6 unspecified atom stereocenters. The number of phenols is 1. The van der Waals surface area contributed by atoms with Gasteiger partial charge in [-0.15, -0.1) is 11.3 Å². The van der Waals surface area contributed by atoms with Crippen molar-refractivity contribution in [1.29, 1.82) is 0 Å². The number of hydrogen-bond donors (Lipinski definition) is 2. The fourth-order valence-corrected chi connectivity index (χ4v) is 9.73. The third kappa shape index (κ3) is 4.88. The number of likely N-dealkylation sites (tertiary alicyclic amines) is 1. The molecule has 2 aliphatic carbocycles. The van der Waals surface area contributed by atoms with Gasteiger partial charge in [-0.25, -0.2) is 4.39 Å². The number of carbonyl (C=O) groups excluding carboxylic acids is 4. The van der Waals surface area contributed by atoms with Gasteiger partial charge >= 0.3 is 0 Å². The van der Waals surface area contributed by atoms with E-state index in [1.165, 1.54) is 46.6 Å². The Morgan fingerprint density at radius 2 is 1.71 bits per heavy atom. The molecule has 4 amide bonds. The molecular weight excluding hydrogens is 733 g/mol. The second-order valence-electron chi connectivity index (χ2n) is 12.9. The lowest BCUT2D eigenvalue weighted by Crippen LogP contribution is -2.53. The van der Waals surface area contributed by atoms with Crippen LogP contribution in [0.5, 0.6) is 5.75 Å². The van der Waals surface area contributed by atoms with Gasteiger partial charge < -0.3 is 5.11 Å². The van der Waals surface area contributed by atoms with Crippen LogP contribution < -0.4 is 5.43 Å². The smallest absolute Gasteiger partial charge is 0.260 e. The lowest BCUT2D eigenvalue weighted by molar-refractivity contribution is -0.141. The first-order valence-corrected chi connectivity index (χ1v) is 17.9. The van der Waals surface area contributed by atoms with E-state index in [9.17, 15) is 23.9 Å². The molecule has 3 heterocycles. The van der Waals surface area contributed by atoms with Crippen LogP contribution in [0.1, 0.15) is 34.8 Å². The molecular formula is C37H28BrClFN3O5S. The lowest BCUT2D eigenvalue weighted by atomic mass is 9.49. The van der Waals surface area contributed by atoms with E-state index in [0.717, 1.165) is 15.5 Å². The number of amides is 4. The normalized spacial score (nSPS) is 27.6. The molecule has 4 aliphatic rings. The zero-order chi connectivity index (χ0) is 34.2.